The molecule has 3 heterocycles. The zero-order valence-corrected chi connectivity index (χ0v) is 20.3. The van der Waals surface area contributed by atoms with Crippen LogP contribution in [0.3, 0.4) is 0 Å². The fraction of sp³-hybridized carbons (Fsp3) is 0.652. The number of carbonyl (C=O) groups is 1. The predicted molar refractivity (Wildman–Crippen MR) is 130 cm³/mol. The molecule has 166 valence electrons. The summed E-state index contributed by atoms with van der Waals surface area (Å²) < 4.78 is 5.62. The Hall–Kier alpha value is -1.35. The highest BCUT2D eigenvalue weighted by Gasteiger charge is 2.42. The molecule has 0 aromatic heterocycles. The van der Waals surface area contributed by atoms with Gasteiger partial charge in [0, 0.05) is 45.2 Å². The molecule has 4 rings (SSSR count). The maximum absolute atomic E-state index is 12.7. The Balaban J connectivity index is 0.00000256. The van der Waals surface area contributed by atoms with Crippen LogP contribution in [0, 0.1) is 11.3 Å². The highest BCUT2D eigenvalue weighted by molar-refractivity contribution is 14.0. The molecule has 0 aliphatic carbocycles. The minimum atomic E-state index is 0. The summed E-state index contributed by atoms with van der Waals surface area (Å²) in [6, 6.07) is 10.7. The summed E-state index contributed by atoms with van der Waals surface area (Å²) in [4.78, 5) is 21.4. The number of piperidine rings is 1. The quantitative estimate of drug-likeness (QED) is 0.373. The van der Waals surface area contributed by atoms with E-state index in [9.17, 15) is 4.79 Å². The number of halogens is 1. The molecule has 0 saturated carbocycles. The third-order valence-corrected chi connectivity index (χ3v) is 6.87. The highest BCUT2D eigenvalue weighted by atomic mass is 127. The van der Waals surface area contributed by atoms with Gasteiger partial charge in [0.05, 0.1) is 13.2 Å². The van der Waals surface area contributed by atoms with Crippen molar-refractivity contribution in [2.24, 2.45) is 16.3 Å². The Labute approximate surface area is 197 Å². The Morgan fingerprint density at radius 2 is 1.93 bits per heavy atom. The fourth-order valence-corrected chi connectivity index (χ4v) is 5.02. The zero-order chi connectivity index (χ0) is 20.1. The van der Waals surface area contributed by atoms with Gasteiger partial charge in [0.15, 0.2) is 5.96 Å². The molecular formula is C23H35IN4O2. The molecule has 3 aliphatic heterocycles. The summed E-state index contributed by atoms with van der Waals surface area (Å²) in [5, 5.41) is 3.31. The monoisotopic (exact) mass is 526 g/mol. The van der Waals surface area contributed by atoms with Gasteiger partial charge >= 0.3 is 0 Å². The van der Waals surface area contributed by atoms with E-state index < -0.39 is 0 Å². The average Bonchev–Trinajstić information content (AvgIpc) is 3.39. The van der Waals surface area contributed by atoms with Crippen LogP contribution < -0.4 is 5.32 Å². The number of hydrogen-bond acceptors (Lipinski definition) is 3. The lowest BCUT2D eigenvalue weighted by Crippen LogP contribution is -2.48. The van der Waals surface area contributed by atoms with Crippen LogP contribution >= 0.6 is 24.0 Å². The maximum Gasteiger partial charge on any atom is 0.241 e. The number of benzene rings is 1. The van der Waals surface area contributed by atoms with Gasteiger partial charge in [-0.1, -0.05) is 30.3 Å². The molecule has 3 fully saturated rings. The Kier molecular flexibility index (Phi) is 8.39. The van der Waals surface area contributed by atoms with Gasteiger partial charge < -0.3 is 19.9 Å². The van der Waals surface area contributed by atoms with Crippen molar-refractivity contribution in [2.75, 3.05) is 53.0 Å². The number of carbonyl (C=O) groups excluding carboxylic acids is 1. The number of nitrogens with zero attached hydrogens (tertiary/aromatic N) is 3. The average molecular weight is 526 g/mol. The van der Waals surface area contributed by atoms with Gasteiger partial charge in [-0.15, -0.1) is 24.0 Å². The molecule has 1 unspecified atom stereocenters. The van der Waals surface area contributed by atoms with Crippen LogP contribution in [0.15, 0.2) is 35.3 Å². The summed E-state index contributed by atoms with van der Waals surface area (Å²) in [6.07, 6.45) is 5.58. The van der Waals surface area contributed by atoms with E-state index in [-0.39, 0.29) is 29.9 Å². The first-order valence-electron chi connectivity index (χ1n) is 11.0. The van der Waals surface area contributed by atoms with Crippen molar-refractivity contribution in [1.82, 2.24) is 15.1 Å². The fourth-order valence-electron chi connectivity index (χ4n) is 5.02. The second-order valence-electron chi connectivity index (χ2n) is 8.89. The minimum absolute atomic E-state index is 0. The Bertz CT molecular complexity index is 713. The Morgan fingerprint density at radius 1 is 1.17 bits per heavy atom. The number of likely N-dealkylation sites (tertiary alicyclic amines) is 2. The van der Waals surface area contributed by atoms with Gasteiger partial charge in [0.2, 0.25) is 5.91 Å². The lowest BCUT2D eigenvalue weighted by Gasteiger charge is -2.32. The zero-order valence-electron chi connectivity index (χ0n) is 18.0. The van der Waals surface area contributed by atoms with Crippen LogP contribution in [0.4, 0.5) is 0 Å². The molecule has 6 nitrogen and oxygen atoms in total. The maximum atomic E-state index is 12.7. The van der Waals surface area contributed by atoms with Gasteiger partial charge in [0.1, 0.15) is 0 Å². The van der Waals surface area contributed by atoms with Crippen LogP contribution in [0.1, 0.15) is 31.2 Å². The molecule has 1 amide bonds. The molecule has 1 aromatic rings. The van der Waals surface area contributed by atoms with Gasteiger partial charge in [-0.3, -0.25) is 9.79 Å². The van der Waals surface area contributed by atoms with Crippen molar-refractivity contribution in [3.63, 3.8) is 0 Å². The third-order valence-electron chi connectivity index (χ3n) is 6.87. The number of ether oxygens (including phenoxy) is 1. The lowest BCUT2D eigenvalue weighted by molar-refractivity contribution is -0.131. The van der Waals surface area contributed by atoms with Crippen molar-refractivity contribution in [1.29, 1.82) is 0 Å². The van der Waals surface area contributed by atoms with E-state index in [1.54, 1.807) is 7.05 Å². The molecule has 30 heavy (non-hydrogen) atoms. The molecule has 3 aliphatic rings. The minimum Gasteiger partial charge on any atom is -0.381 e. The largest absolute Gasteiger partial charge is 0.381 e. The Morgan fingerprint density at radius 3 is 2.60 bits per heavy atom. The number of guanidine groups is 1. The predicted octanol–water partition coefficient (Wildman–Crippen LogP) is 2.77. The number of rotatable bonds is 4. The van der Waals surface area contributed by atoms with E-state index >= 15 is 0 Å². The summed E-state index contributed by atoms with van der Waals surface area (Å²) in [7, 11) is 1.80. The molecule has 3 saturated heterocycles. The normalized spacial score (nSPS) is 24.9. The lowest BCUT2D eigenvalue weighted by atomic mass is 9.87. The molecule has 0 bridgehead atoms. The van der Waals surface area contributed by atoms with E-state index in [1.807, 2.05) is 4.90 Å². The SMILES string of the molecule is CN=C(NCC(=O)N1CCC(Cc2ccccc2)CC1)N1CCC2(CCOC2)C1.I. The van der Waals surface area contributed by atoms with Gasteiger partial charge in [-0.05, 0) is 43.6 Å². The molecular weight excluding hydrogens is 491 g/mol. The first-order valence-corrected chi connectivity index (χ1v) is 11.0. The van der Waals surface area contributed by atoms with E-state index in [2.05, 4.69) is 45.5 Å². The summed E-state index contributed by atoms with van der Waals surface area (Å²) in [6.45, 7) is 5.75. The first kappa shape index (κ1) is 23.3. The number of amides is 1. The topological polar surface area (TPSA) is 57.2 Å². The molecule has 7 heteroatoms. The van der Waals surface area contributed by atoms with Crippen LogP contribution in [-0.2, 0) is 16.0 Å². The smallest absolute Gasteiger partial charge is 0.241 e. The molecule has 1 N–H and O–H groups in total. The van der Waals surface area contributed by atoms with Crippen LogP contribution in [0.25, 0.3) is 0 Å². The number of hydrogen-bond donors (Lipinski definition) is 1. The van der Waals surface area contributed by atoms with Crippen LogP contribution in [-0.4, -0.2) is 74.7 Å². The van der Waals surface area contributed by atoms with Crippen molar-refractivity contribution < 1.29 is 9.53 Å². The highest BCUT2D eigenvalue weighted by Crippen LogP contribution is 2.38. The van der Waals surface area contributed by atoms with Gasteiger partial charge in [0.25, 0.3) is 0 Å². The molecule has 1 aromatic carbocycles. The summed E-state index contributed by atoms with van der Waals surface area (Å²) in [5.41, 5.74) is 1.70. The number of aliphatic imine (C=N–C) groups is 1. The second-order valence-corrected chi connectivity index (χ2v) is 8.89. The van der Waals surface area contributed by atoms with Crippen LogP contribution in [0.2, 0.25) is 0 Å². The van der Waals surface area contributed by atoms with E-state index in [0.29, 0.717) is 17.9 Å². The van der Waals surface area contributed by atoms with E-state index in [1.165, 1.54) is 5.56 Å². The second kappa shape index (κ2) is 10.8. The van der Waals surface area contributed by atoms with Crippen molar-refractivity contribution in [2.45, 2.75) is 32.1 Å². The molecule has 1 atom stereocenters. The van der Waals surface area contributed by atoms with Gasteiger partial charge in [-0.25, -0.2) is 0 Å². The molecule has 0 radical (unpaired) electrons. The number of nitrogens with one attached hydrogen (secondary N) is 1. The summed E-state index contributed by atoms with van der Waals surface area (Å²) >= 11 is 0. The van der Waals surface area contributed by atoms with Crippen molar-refractivity contribution >= 4 is 35.8 Å². The summed E-state index contributed by atoms with van der Waals surface area (Å²) in [5.74, 6) is 1.71. The van der Waals surface area contributed by atoms with E-state index in [0.717, 1.165) is 77.5 Å². The van der Waals surface area contributed by atoms with Crippen molar-refractivity contribution in [3.05, 3.63) is 35.9 Å². The van der Waals surface area contributed by atoms with Gasteiger partial charge in [-0.2, -0.15) is 0 Å². The standard InChI is InChI=1S/C23H34N4O2.HI/c1-24-22(27-13-9-23(17-27)10-14-29-18-23)25-16-21(28)26-11-7-20(8-12-26)15-19-5-3-2-4-6-19;/h2-6,20H,7-18H2,1H3,(H,24,25);1H. The first-order chi connectivity index (χ1) is 14.2. The van der Waals surface area contributed by atoms with E-state index in [4.69, 9.17) is 4.74 Å². The molecule has 1 spiro atoms. The van der Waals surface area contributed by atoms with Crippen LogP contribution in [0.5, 0.6) is 0 Å². The van der Waals surface area contributed by atoms with Crippen molar-refractivity contribution in [3.8, 4) is 0 Å². The third kappa shape index (κ3) is 5.66.